The van der Waals surface area contributed by atoms with Gasteiger partial charge < -0.3 is 4.57 Å². The molecule has 1 unspecified atom stereocenters. The lowest BCUT2D eigenvalue weighted by atomic mass is 10.1. The highest BCUT2D eigenvalue weighted by Gasteiger charge is 2.36. The summed E-state index contributed by atoms with van der Waals surface area (Å²) in [6.45, 7) is 2.22. The predicted molar refractivity (Wildman–Crippen MR) is 106 cm³/mol. The van der Waals surface area contributed by atoms with Gasteiger partial charge in [0.2, 0.25) is 0 Å². The summed E-state index contributed by atoms with van der Waals surface area (Å²) >= 11 is 0. The molecule has 0 N–H and O–H groups in total. The minimum Gasteiger partial charge on any atom is -0.324 e. The molecule has 1 aromatic heterocycles. The van der Waals surface area contributed by atoms with Gasteiger partial charge in [0.1, 0.15) is 11.9 Å². The molecule has 3 aromatic rings. The van der Waals surface area contributed by atoms with Crippen LogP contribution in [0.5, 0.6) is 0 Å². The zero-order valence-corrected chi connectivity index (χ0v) is 16.0. The van der Waals surface area contributed by atoms with Crippen LogP contribution in [0.15, 0.2) is 54.9 Å². The Labute approximate surface area is 167 Å². The molecule has 2 aliphatic rings. The van der Waals surface area contributed by atoms with E-state index in [1.54, 1.807) is 30.5 Å². The molecule has 2 heterocycles. The van der Waals surface area contributed by atoms with Crippen LogP contribution in [0.4, 0.5) is 0 Å². The van der Waals surface area contributed by atoms with E-state index in [0.29, 0.717) is 23.1 Å². The maximum atomic E-state index is 12.9. The van der Waals surface area contributed by atoms with E-state index in [0.717, 1.165) is 23.4 Å². The average Bonchev–Trinajstić information content (AvgIpc) is 3.40. The van der Waals surface area contributed by atoms with E-state index in [-0.39, 0.29) is 30.2 Å². The third-order valence-corrected chi connectivity index (χ3v) is 5.77. The first kappa shape index (κ1) is 17.6. The minimum absolute atomic E-state index is 0.0833. The number of hydrogen-bond donors (Lipinski definition) is 0. The third kappa shape index (κ3) is 2.63. The Hall–Kier alpha value is -3.54. The van der Waals surface area contributed by atoms with E-state index in [1.807, 2.05) is 35.9 Å². The van der Waals surface area contributed by atoms with Gasteiger partial charge in [-0.25, -0.2) is 4.98 Å². The summed E-state index contributed by atoms with van der Waals surface area (Å²) < 4.78 is 1.95. The Bertz CT molecular complexity index is 1140. The van der Waals surface area contributed by atoms with Gasteiger partial charge >= 0.3 is 0 Å². The van der Waals surface area contributed by atoms with Crippen molar-refractivity contribution in [1.82, 2.24) is 14.5 Å². The van der Waals surface area contributed by atoms with Crippen LogP contribution in [0.3, 0.4) is 0 Å². The monoisotopic (exact) mass is 385 g/mol. The summed E-state index contributed by atoms with van der Waals surface area (Å²) in [4.78, 5) is 43.7. The number of amides is 2. The topological polar surface area (TPSA) is 72.3 Å². The highest BCUT2D eigenvalue weighted by Crippen LogP contribution is 2.33. The Balaban J connectivity index is 1.41. The average molecular weight is 385 g/mol. The van der Waals surface area contributed by atoms with Gasteiger partial charge in [0, 0.05) is 30.8 Å². The molecule has 1 aliphatic heterocycles. The van der Waals surface area contributed by atoms with Crippen molar-refractivity contribution >= 4 is 17.6 Å². The standard InChI is InChI=1S/C23H19N3O3/c1-2-20-24-9-10-25(20)19-12-15-11-14(7-8-16(15)21(19)27)13-26-22(28)17-5-3-4-6-18(17)23(26)29/h3-11,19H,2,12-13H2,1H3. The molecule has 0 spiro atoms. The fourth-order valence-corrected chi connectivity index (χ4v) is 4.33. The first-order valence-electron chi connectivity index (χ1n) is 9.71. The second kappa shape index (κ2) is 6.51. The van der Waals surface area contributed by atoms with E-state index in [4.69, 9.17) is 0 Å². The second-order valence-corrected chi connectivity index (χ2v) is 7.42. The van der Waals surface area contributed by atoms with E-state index < -0.39 is 0 Å². The number of benzene rings is 2. The molecular formula is C23H19N3O3. The van der Waals surface area contributed by atoms with Gasteiger partial charge in [-0.1, -0.05) is 37.3 Å². The zero-order chi connectivity index (χ0) is 20.1. The number of fused-ring (bicyclic) bond motifs is 2. The SMILES string of the molecule is CCc1nccn1C1Cc2cc(CN3C(=O)c4ccccc4C3=O)ccc2C1=O. The van der Waals surface area contributed by atoms with Crippen LogP contribution in [0.1, 0.15) is 61.0 Å². The largest absolute Gasteiger partial charge is 0.324 e. The number of imidazole rings is 1. The van der Waals surface area contributed by atoms with Crippen LogP contribution < -0.4 is 0 Å². The number of carbonyl (C=O) groups excluding carboxylic acids is 3. The molecule has 2 aromatic carbocycles. The summed E-state index contributed by atoms with van der Waals surface area (Å²) in [5.74, 6) is 0.430. The Morgan fingerprint density at radius 2 is 1.72 bits per heavy atom. The van der Waals surface area contributed by atoms with Crippen molar-refractivity contribution < 1.29 is 14.4 Å². The number of hydrogen-bond acceptors (Lipinski definition) is 4. The quantitative estimate of drug-likeness (QED) is 0.647. The fraction of sp³-hybridized carbons (Fsp3) is 0.217. The molecule has 6 nitrogen and oxygen atoms in total. The first-order chi connectivity index (χ1) is 14.1. The third-order valence-electron chi connectivity index (χ3n) is 5.77. The summed E-state index contributed by atoms with van der Waals surface area (Å²) in [6.07, 6.45) is 4.93. The van der Waals surface area contributed by atoms with Gasteiger partial charge in [0.25, 0.3) is 11.8 Å². The van der Waals surface area contributed by atoms with Gasteiger partial charge in [0.05, 0.1) is 17.7 Å². The number of ketones is 1. The number of aromatic nitrogens is 2. The normalized spacial score (nSPS) is 17.8. The molecule has 1 aliphatic carbocycles. The van der Waals surface area contributed by atoms with E-state index in [1.165, 1.54) is 4.90 Å². The number of imide groups is 1. The molecule has 0 saturated heterocycles. The Morgan fingerprint density at radius 1 is 1.00 bits per heavy atom. The lowest BCUT2D eigenvalue weighted by Gasteiger charge is -2.14. The van der Waals surface area contributed by atoms with Gasteiger partial charge in [-0.3, -0.25) is 19.3 Å². The van der Waals surface area contributed by atoms with Crippen LogP contribution in [0.2, 0.25) is 0 Å². The molecule has 6 heteroatoms. The zero-order valence-electron chi connectivity index (χ0n) is 16.0. The Kier molecular flexibility index (Phi) is 3.94. The molecule has 5 rings (SSSR count). The summed E-state index contributed by atoms with van der Waals surface area (Å²) in [5, 5.41) is 0. The van der Waals surface area contributed by atoms with Gasteiger partial charge in [0.15, 0.2) is 5.78 Å². The molecule has 144 valence electrons. The molecule has 0 saturated carbocycles. The number of carbonyl (C=O) groups is 3. The first-order valence-corrected chi connectivity index (χ1v) is 9.71. The molecule has 0 radical (unpaired) electrons. The number of nitrogens with zero attached hydrogens (tertiary/aromatic N) is 3. The molecular weight excluding hydrogens is 366 g/mol. The molecule has 2 amide bonds. The lowest BCUT2D eigenvalue weighted by molar-refractivity contribution is 0.0642. The van der Waals surface area contributed by atoms with Crippen molar-refractivity contribution in [3.8, 4) is 0 Å². The van der Waals surface area contributed by atoms with Crippen molar-refractivity contribution in [2.75, 3.05) is 0 Å². The highest BCUT2D eigenvalue weighted by molar-refractivity contribution is 6.21. The van der Waals surface area contributed by atoms with Crippen LogP contribution >= 0.6 is 0 Å². The van der Waals surface area contributed by atoms with Gasteiger partial charge in [-0.05, 0) is 23.3 Å². The van der Waals surface area contributed by atoms with Crippen molar-refractivity contribution in [2.24, 2.45) is 0 Å². The van der Waals surface area contributed by atoms with Crippen molar-refractivity contribution in [1.29, 1.82) is 0 Å². The van der Waals surface area contributed by atoms with Crippen molar-refractivity contribution in [3.63, 3.8) is 0 Å². The maximum absolute atomic E-state index is 12.9. The second-order valence-electron chi connectivity index (χ2n) is 7.42. The van der Waals surface area contributed by atoms with E-state index in [9.17, 15) is 14.4 Å². The van der Waals surface area contributed by atoms with Gasteiger partial charge in [-0.2, -0.15) is 0 Å². The van der Waals surface area contributed by atoms with Crippen LogP contribution in [0, 0.1) is 0 Å². The number of aryl methyl sites for hydroxylation is 1. The lowest BCUT2D eigenvalue weighted by Crippen LogP contribution is -2.29. The van der Waals surface area contributed by atoms with E-state index in [2.05, 4.69) is 4.98 Å². The Morgan fingerprint density at radius 3 is 2.41 bits per heavy atom. The van der Waals surface area contributed by atoms with Crippen LogP contribution in [0.25, 0.3) is 0 Å². The number of rotatable bonds is 4. The van der Waals surface area contributed by atoms with Crippen LogP contribution in [-0.4, -0.2) is 32.0 Å². The summed E-state index contributed by atoms with van der Waals surface area (Å²) in [5.41, 5.74) is 3.39. The minimum atomic E-state index is -0.281. The molecule has 29 heavy (non-hydrogen) atoms. The van der Waals surface area contributed by atoms with E-state index >= 15 is 0 Å². The van der Waals surface area contributed by atoms with Crippen LogP contribution in [-0.2, 0) is 19.4 Å². The fourth-order valence-electron chi connectivity index (χ4n) is 4.33. The summed E-state index contributed by atoms with van der Waals surface area (Å²) in [6, 6.07) is 12.2. The van der Waals surface area contributed by atoms with Crippen molar-refractivity contribution in [2.45, 2.75) is 32.4 Å². The summed E-state index contributed by atoms with van der Waals surface area (Å²) in [7, 11) is 0. The highest BCUT2D eigenvalue weighted by atomic mass is 16.2. The van der Waals surface area contributed by atoms with Gasteiger partial charge in [-0.15, -0.1) is 0 Å². The molecule has 1 atom stereocenters. The smallest absolute Gasteiger partial charge is 0.261 e. The molecule has 0 fully saturated rings. The number of Topliss-reactive ketones (excluding diaryl/α,β-unsaturated/α-hetero) is 1. The maximum Gasteiger partial charge on any atom is 0.261 e. The predicted octanol–water partition coefficient (Wildman–Crippen LogP) is 3.22. The molecule has 0 bridgehead atoms. The van der Waals surface area contributed by atoms with Crippen molar-refractivity contribution in [3.05, 3.63) is 88.5 Å².